The van der Waals surface area contributed by atoms with E-state index in [1.807, 2.05) is 83.1 Å². The van der Waals surface area contributed by atoms with Crippen molar-refractivity contribution in [3.05, 3.63) is 94.7 Å². The van der Waals surface area contributed by atoms with Gasteiger partial charge in [-0.1, -0.05) is 42.5 Å². The fourth-order valence-electron chi connectivity index (χ4n) is 4.80. The monoisotopic (exact) mass is 470 g/mol. The highest BCUT2D eigenvalue weighted by Gasteiger charge is 2.28. The van der Waals surface area contributed by atoms with Crippen molar-refractivity contribution in [1.82, 2.24) is 14.9 Å². The SMILES string of the molecule is CC(Cc1ccco1)NC(=O)C1CCN(c2nc3ccccc3n(Cc3ccccc3)c2=O)CC1. The molecule has 0 aliphatic carbocycles. The van der Waals surface area contributed by atoms with Crippen LogP contribution in [0.3, 0.4) is 0 Å². The number of nitrogens with zero attached hydrogens (tertiary/aromatic N) is 3. The van der Waals surface area contributed by atoms with E-state index in [-0.39, 0.29) is 23.4 Å². The molecule has 0 spiro atoms. The van der Waals surface area contributed by atoms with Crippen LogP contribution < -0.4 is 15.8 Å². The van der Waals surface area contributed by atoms with Crippen molar-refractivity contribution in [3.8, 4) is 0 Å². The molecule has 0 saturated carbocycles. The number of fused-ring (bicyclic) bond motifs is 1. The first-order chi connectivity index (χ1) is 17.1. The average Bonchev–Trinajstić information content (AvgIpc) is 3.39. The minimum absolute atomic E-state index is 0.000904. The number of carbonyl (C=O) groups is 1. The first-order valence-corrected chi connectivity index (χ1v) is 12.2. The van der Waals surface area contributed by atoms with Gasteiger partial charge in [0.25, 0.3) is 5.56 Å². The summed E-state index contributed by atoms with van der Waals surface area (Å²) >= 11 is 0. The number of hydrogen-bond donors (Lipinski definition) is 1. The molecule has 1 atom stereocenters. The minimum atomic E-state index is -0.0949. The Labute approximate surface area is 204 Å². The van der Waals surface area contributed by atoms with Crippen molar-refractivity contribution >= 4 is 22.8 Å². The summed E-state index contributed by atoms with van der Waals surface area (Å²) in [5.74, 6) is 1.32. The van der Waals surface area contributed by atoms with Crippen LogP contribution in [-0.4, -0.2) is 34.6 Å². The maximum atomic E-state index is 13.6. The number of aromatic nitrogens is 2. The van der Waals surface area contributed by atoms with Crippen LogP contribution in [0.1, 0.15) is 31.1 Å². The second-order valence-corrected chi connectivity index (χ2v) is 9.26. The van der Waals surface area contributed by atoms with Gasteiger partial charge in [-0.2, -0.15) is 0 Å². The van der Waals surface area contributed by atoms with Crippen molar-refractivity contribution < 1.29 is 9.21 Å². The summed E-state index contributed by atoms with van der Waals surface area (Å²) in [5, 5.41) is 3.12. The van der Waals surface area contributed by atoms with E-state index < -0.39 is 0 Å². The first-order valence-electron chi connectivity index (χ1n) is 12.2. The number of rotatable bonds is 7. The van der Waals surface area contributed by atoms with E-state index in [1.54, 1.807) is 6.26 Å². The maximum absolute atomic E-state index is 13.6. The lowest BCUT2D eigenvalue weighted by atomic mass is 9.95. The third-order valence-electron chi connectivity index (χ3n) is 6.66. The first kappa shape index (κ1) is 22.9. The molecule has 7 nitrogen and oxygen atoms in total. The topological polar surface area (TPSA) is 80.4 Å². The van der Waals surface area contributed by atoms with Gasteiger partial charge in [-0.15, -0.1) is 0 Å². The highest BCUT2D eigenvalue weighted by atomic mass is 16.3. The number of hydrogen-bond acceptors (Lipinski definition) is 5. The lowest BCUT2D eigenvalue weighted by molar-refractivity contribution is -0.126. The van der Waals surface area contributed by atoms with E-state index >= 15 is 0 Å². The van der Waals surface area contributed by atoms with Crippen LogP contribution in [0.25, 0.3) is 11.0 Å². The zero-order valence-electron chi connectivity index (χ0n) is 19.9. The molecule has 180 valence electrons. The zero-order valence-corrected chi connectivity index (χ0v) is 19.9. The summed E-state index contributed by atoms with van der Waals surface area (Å²) in [6, 6.07) is 21.5. The van der Waals surface area contributed by atoms with Crippen LogP contribution in [-0.2, 0) is 17.8 Å². The summed E-state index contributed by atoms with van der Waals surface area (Å²) in [6.45, 7) is 3.72. The summed E-state index contributed by atoms with van der Waals surface area (Å²) in [6.07, 6.45) is 3.69. The van der Waals surface area contributed by atoms with Gasteiger partial charge in [0, 0.05) is 31.5 Å². The van der Waals surface area contributed by atoms with Crippen molar-refractivity contribution in [2.45, 2.75) is 38.8 Å². The number of piperidine rings is 1. The fourth-order valence-corrected chi connectivity index (χ4v) is 4.80. The highest BCUT2D eigenvalue weighted by Crippen LogP contribution is 2.23. The molecule has 2 aromatic heterocycles. The van der Waals surface area contributed by atoms with E-state index in [9.17, 15) is 9.59 Å². The summed E-state index contributed by atoms with van der Waals surface area (Å²) in [4.78, 5) is 33.2. The van der Waals surface area contributed by atoms with Crippen molar-refractivity contribution in [1.29, 1.82) is 0 Å². The molecule has 1 aliphatic heterocycles. The number of carbonyl (C=O) groups excluding carboxylic acids is 1. The number of amides is 1. The van der Waals surface area contributed by atoms with Gasteiger partial charge in [0.1, 0.15) is 5.76 Å². The van der Waals surface area contributed by atoms with Crippen molar-refractivity contribution in [2.75, 3.05) is 18.0 Å². The molecule has 1 aliphatic rings. The average molecular weight is 471 g/mol. The van der Waals surface area contributed by atoms with E-state index in [4.69, 9.17) is 9.40 Å². The molecule has 35 heavy (non-hydrogen) atoms. The van der Waals surface area contributed by atoms with Crippen LogP contribution in [0, 0.1) is 5.92 Å². The smallest absolute Gasteiger partial charge is 0.294 e. The molecule has 3 heterocycles. The van der Waals surface area contributed by atoms with Gasteiger partial charge >= 0.3 is 0 Å². The predicted molar refractivity (Wildman–Crippen MR) is 137 cm³/mol. The quantitative estimate of drug-likeness (QED) is 0.442. The second-order valence-electron chi connectivity index (χ2n) is 9.26. The molecule has 7 heteroatoms. The Balaban J connectivity index is 1.30. The Hall–Kier alpha value is -3.87. The van der Waals surface area contributed by atoms with Crippen LogP contribution >= 0.6 is 0 Å². The Morgan fingerprint density at radius 3 is 2.54 bits per heavy atom. The number of furan rings is 1. The zero-order chi connectivity index (χ0) is 24.2. The summed E-state index contributed by atoms with van der Waals surface area (Å²) in [5.41, 5.74) is 2.59. The van der Waals surface area contributed by atoms with Gasteiger partial charge < -0.3 is 14.6 Å². The molecule has 1 amide bonds. The van der Waals surface area contributed by atoms with Crippen LogP contribution in [0.4, 0.5) is 5.82 Å². The van der Waals surface area contributed by atoms with E-state index in [0.29, 0.717) is 44.7 Å². The molecule has 5 rings (SSSR count). The van der Waals surface area contributed by atoms with E-state index in [1.165, 1.54) is 0 Å². The molecule has 1 unspecified atom stereocenters. The van der Waals surface area contributed by atoms with Crippen LogP contribution in [0.2, 0.25) is 0 Å². The maximum Gasteiger partial charge on any atom is 0.294 e. The Morgan fingerprint density at radius 2 is 1.80 bits per heavy atom. The third-order valence-corrected chi connectivity index (χ3v) is 6.66. The molecule has 1 N–H and O–H groups in total. The third kappa shape index (κ3) is 5.14. The van der Waals surface area contributed by atoms with Crippen molar-refractivity contribution in [2.24, 2.45) is 5.92 Å². The standard InChI is InChI=1S/C28H30N4O3/c1-20(18-23-10-7-17-35-23)29-27(33)22-13-15-31(16-14-22)26-28(34)32(19-21-8-3-2-4-9-21)25-12-6-5-11-24(25)30-26/h2-12,17,20,22H,13-16,18-19H2,1H3,(H,29,33). The largest absolute Gasteiger partial charge is 0.469 e. The van der Waals surface area contributed by atoms with Gasteiger partial charge in [-0.05, 0) is 49.6 Å². The molecule has 2 aromatic carbocycles. The molecule has 4 aromatic rings. The molecule has 0 radical (unpaired) electrons. The number of benzene rings is 2. The number of anilines is 1. The predicted octanol–water partition coefficient (Wildman–Crippen LogP) is 4.00. The molecular weight excluding hydrogens is 440 g/mol. The highest BCUT2D eigenvalue weighted by molar-refractivity contribution is 5.79. The lowest BCUT2D eigenvalue weighted by Gasteiger charge is -2.32. The van der Waals surface area contributed by atoms with Crippen molar-refractivity contribution in [3.63, 3.8) is 0 Å². The van der Waals surface area contributed by atoms with Gasteiger partial charge in [-0.3, -0.25) is 14.2 Å². The molecule has 1 fully saturated rings. The molecule has 0 bridgehead atoms. The number of nitrogens with one attached hydrogen (secondary N) is 1. The minimum Gasteiger partial charge on any atom is -0.469 e. The van der Waals surface area contributed by atoms with E-state index in [0.717, 1.165) is 22.4 Å². The summed E-state index contributed by atoms with van der Waals surface area (Å²) < 4.78 is 7.19. The van der Waals surface area contributed by atoms with Crippen LogP contribution in [0.15, 0.2) is 82.2 Å². The Kier molecular flexibility index (Phi) is 6.66. The van der Waals surface area contributed by atoms with Gasteiger partial charge in [-0.25, -0.2) is 4.98 Å². The van der Waals surface area contributed by atoms with Gasteiger partial charge in [0.05, 0.1) is 23.8 Å². The normalized spacial score (nSPS) is 15.3. The van der Waals surface area contributed by atoms with E-state index in [2.05, 4.69) is 5.32 Å². The van der Waals surface area contributed by atoms with Gasteiger partial charge in [0.15, 0.2) is 5.82 Å². The Bertz CT molecular complexity index is 1340. The molecular formula is C28H30N4O3. The lowest BCUT2D eigenvalue weighted by Crippen LogP contribution is -2.45. The fraction of sp³-hybridized carbons (Fsp3) is 0.321. The van der Waals surface area contributed by atoms with Gasteiger partial charge in [0.2, 0.25) is 5.91 Å². The number of para-hydroxylation sites is 2. The second kappa shape index (κ2) is 10.2. The molecule has 1 saturated heterocycles. The summed E-state index contributed by atoms with van der Waals surface area (Å²) in [7, 11) is 0. The Morgan fingerprint density at radius 1 is 1.06 bits per heavy atom. The van der Waals surface area contributed by atoms with Crippen LogP contribution in [0.5, 0.6) is 0 Å².